The van der Waals surface area contributed by atoms with Crippen molar-refractivity contribution in [2.45, 2.75) is 13.1 Å². The summed E-state index contributed by atoms with van der Waals surface area (Å²) in [6.07, 6.45) is -4.47. The van der Waals surface area contributed by atoms with Gasteiger partial charge in [-0.25, -0.2) is 0 Å². The number of hydrazone groups is 1. The van der Waals surface area contributed by atoms with Crippen LogP contribution in [0.2, 0.25) is 0 Å². The first kappa shape index (κ1) is 10.6. The lowest BCUT2D eigenvalue weighted by Gasteiger charge is -2.01. The van der Waals surface area contributed by atoms with E-state index in [0.29, 0.717) is 5.69 Å². The van der Waals surface area contributed by atoms with E-state index >= 15 is 0 Å². The zero-order valence-corrected chi connectivity index (χ0v) is 7.47. The van der Waals surface area contributed by atoms with Crippen molar-refractivity contribution >= 4 is 11.9 Å². The van der Waals surface area contributed by atoms with Crippen molar-refractivity contribution in [2.24, 2.45) is 5.10 Å². The fraction of sp³-hybridized carbons (Fsp3) is 0.222. The Morgan fingerprint density at radius 3 is 2.64 bits per heavy atom. The molecule has 76 valence electrons. The van der Waals surface area contributed by atoms with Crippen molar-refractivity contribution in [3.8, 4) is 0 Å². The van der Waals surface area contributed by atoms with Gasteiger partial charge in [-0.15, -0.1) is 0 Å². The summed E-state index contributed by atoms with van der Waals surface area (Å²) in [6.45, 7) is 1.85. The Morgan fingerprint density at radius 2 is 2.07 bits per heavy atom. The van der Waals surface area contributed by atoms with Crippen LogP contribution < -0.4 is 5.43 Å². The molecular formula is C9H9F3N2. The van der Waals surface area contributed by atoms with Crippen LogP contribution in [0.15, 0.2) is 29.4 Å². The maximum absolute atomic E-state index is 11.6. The van der Waals surface area contributed by atoms with Gasteiger partial charge in [0.1, 0.15) is 6.21 Å². The van der Waals surface area contributed by atoms with Gasteiger partial charge in [-0.2, -0.15) is 18.3 Å². The van der Waals surface area contributed by atoms with Crippen molar-refractivity contribution in [3.05, 3.63) is 29.8 Å². The van der Waals surface area contributed by atoms with E-state index in [1.54, 1.807) is 18.2 Å². The molecule has 0 atom stereocenters. The second kappa shape index (κ2) is 4.13. The fourth-order valence-electron chi connectivity index (χ4n) is 0.895. The lowest BCUT2D eigenvalue weighted by atomic mass is 10.2. The number of anilines is 1. The third-order valence-corrected chi connectivity index (χ3v) is 1.42. The van der Waals surface area contributed by atoms with E-state index in [9.17, 15) is 13.2 Å². The topological polar surface area (TPSA) is 24.4 Å². The summed E-state index contributed by atoms with van der Waals surface area (Å²) in [7, 11) is 0. The van der Waals surface area contributed by atoms with Crippen molar-refractivity contribution < 1.29 is 13.2 Å². The molecule has 1 aromatic carbocycles. The fourth-order valence-corrected chi connectivity index (χ4v) is 0.895. The van der Waals surface area contributed by atoms with E-state index in [4.69, 9.17) is 0 Å². The molecular weight excluding hydrogens is 193 g/mol. The minimum Gasteiger partial charge on any atom is -0.279 e. The van der Waals surface area contributed by atoms with Gasteiger partial charge in [0.2, 0.25) is 0 Å². The Morgan fingerprint density at radius 1 is 1.36 bits per heavy atom. The lowest BCUT2D eigenvalue weighted by molar-refractivity contribution is -0.0536. The zero-order valence-electron chi connectivity index (χ0n) is 7.47. The van der Waals surface area contributed by atoms with Crippen LogP contribution in [0.25, 0.3) is 0 Å². The molecule has 0 aliphatic heterocycles. The maximum atomic E-state index is 11.6. The van der Waals surface area contributed by atoms with E-state index in [1.165, 1.54) is 0 Å². The molecule has 0 heterocycles. The first-order valence-electron chi connectivity index (χ1n) is 3.91. The van der Waals surface area contributed by atoms with Crippen LogP contribution in [0, 0.1) is 6.92 Å². The standard InChI is InChI=1S/C9H9F3N2/c1-7-3-2-4-8(5-7)14-13-6-9(10,11)12/h2-6,14H,1H3/b13-6+. The third kappa shape index (κ3) is 3.93. The van der Waals surface area contributed by atoms with Gasteiger partial charge in [0.25, 0.3) is 0 Å². The number of nitrogens with zero attached hydrogens (tertiary/aromatic N) is 1. The van der Waals surface area contributed by atoms with Gasteiger partial charge in [0, 0.05) is 0 Å². The van der Waals surface area contributed by atoms with Gasteiger partial charge in [0.15, 0.2) is 0 Å². The van der Waals surface area contributed by atoms with E-state index < -0.39 is 6.18 Å². The Balaban J connectivity index is 2.58. The number of hydrogen-bond donors (Lipinski definition) is 1. The minimum atomic E-state index is -4.38. The molecule has 0 aliphatic carbocycles. The van der Waals surface area contributed by atoms with Crippen molar-refractivity contribution in [3.63, 3.8) is 0 Å². The van der Waals surface area contributed by atoms with Crippen molar-refractivity contribution in [1.29, 1.82) is 0 Å². The van der Waals surface area contributed by atoms with Crippen LogP contribution in [-0.4, -0.2) is 12.4 Å². The Labute approximate surface area is 79.4 Å². The third-order valence-electron chi connectivity index (χ3n) is 1.42. The monoisotopic (exact) mass is 202 g/mol. The van der Waals surface area contributed by atoms with Crippen LogP contribution >= 0.6 is 0 Å². The van der Waals surface area contributed by atoms with Gasteiger partial charge in [0.05, 0.1) is 5.69 Å². The largest absolute Gasteiger partial charge is 0.428 e. The number of alkyl halides is 3. The number of aryl methyl sites for hydroxylation is 1. The number of halogens is 3. The molecule has 14 heavy (non-hydrogen) atoms. The summed E-state index contributed by atoms with van der Waals surface area (Å²) in [6, 6.07) is 6.92. The molecule has 0 bridgehead atoms. The summed E-state index contributed by atoms with van der Waals surface area (Å²) < 4.78 is 34.9. The highest BCUT2D eigenvalue weighted by molar-refractivity contribution is 5.65. The van der Waals surface area contributed by atoms with E-state index in [-0.39, 0.29) is 6.21 Å². The average molecular weight is 202 g/mol. The second-order valence-electron chi connectivity index (χ2n) is 2.78. The summed E-state index contributed by atoms with van der Waals surface area (Å²) in [5.74, 6) is 0. The molecule has 0 fully saturated rings. The maximum Gasteiger partial charge on any atom is 0.428 e. The van der Waals surface area contributed by atoms with Crippen LogP contribution in [0.5, 0.6) is 0 Å². The Kier molecular flexibility index (Phi) is 3.11. The lowest BCUT2D eigenvalue weighted by Crippen LogP contribution is -2.09. The smallest absolute Gasteiger partial charge is 0.279 e. The molecule has 0 aromatic heterocycles. The van der Waals surface area contributed by atoms with Gasteiger partial charge in [-0.05, 0) is 24.6 Å². The summed E-state index contributed by atoms with van der Waals surface area (Å²) in [5, 5.41) is 3.05. The first-order valence-corrected chi connectivity index (χ1v) is 3.91. The van der Waals surface area contributed by atoms with Crippen LogP contribution in [0.4, 0.5) is 18.9 Å². The highest BCUT2D eigenvalue weighted by Crippen LogP contribution is 2.12. The molecule has 5 heteroatoms. The highest BCUT2D eigenvalue weighted by atomic mass is 19.4. The predicted octanol–water partition coefficient (Wildman–Crippen LogP) is 2.96. The highest BCUT2D eigenvalue weighted by Gasteiger charge is 2.23. The Hall–Kier alpha value is -1.52. The second-order valence-corrected chi connectivity index (χ2v) is 2.78. The normalized spacial score (nSPS) is 12.0. The number of hydrogen-bond acceptors (Lipinski definition) is 2. The minimum absolute atomic E-state index is 0.0880. The number of rotatable bonds is 2. The molecule has 0 spiro atoms. The van der Waals surface area contributed by atoms with Gasteiger partial charge in [-0.3, -0.25) is 5.43 Å². The summed E-state index contributed by atoms with van der Waals surface area (Å²) >= 11 is 0. The average Bonchev–Trinajstić information content (AvgIpc) is 2.01. The summed E-state index contributed by atoms with van der Waals surface area (Å²) in [4.78, 5) is 0. The Bertz CT molecular complexity index is 331. The van der Waals surface area contributed by atoms with Crippen LogP contribution in [0.3, 0.4) is 0 Å². The van der Waals surface area contributed by atoms with Crippen molar-refractivity contribution in [1.82, 2.24) is 0 Å². The molecule has 0 saturated carbocycles. The van der Waals surface area contributed by atoms with Crippen LogP contribution in [0.1, 0.15) is 5.56 Å². The molecule has 2 nitrogen and oxygen atoms in total. The van der Waals surface area contributed by atoms with Crippen molar-refractivity contribution in [2.75, 3.05) is 5.43 Å². The van der Waals surface area contributed by atoms with Crippen LogP contribution in [-0.2, 0) is 0 Å². The number of nitrogens with one attached hydrogen (secondary N) is 1. The molecule has 1 rings (SSSR count). The first-order chi connectivity index (χ1) is 6.47. The SMILES string of the molecule is Cc1cccc(N/N=C/C(F)(F)F)c1. The van der Waals surface area contributed by atoms with E-state index in [2.05, 4.69) is 10.5 Å². The zero-order chi connectivity index (χ0) is 10.6. The van der Waals surface area contributed by atoms with E-state index in [0.717, 1.165) is 5.56 Å². The molecule has 0 radical (unpaired) electrons. The predicted molar refractivity (Wildman–Crippen MR) is 49.3 cm³/mol. The van der Waals surface area contributed by atoms with Gasteiger partial charge >= 0.3 is 6.18 Å². The van der Waals surface area contributed by atoms with Gasteiger partial charge in [-0.1, -0.05) is 12.1 Å². The summed E-state index contributed by atoms with van der Waals surface area (Å²) in [5.41, 5.74) is 3.78. The molecule has 0 aliphatic rings. The quantitative estimate of drug-likeness (QED) is 0.578. The van der Waals surface area contributed by atoms with E-state index in [1.807, 2.05) is 13.0 Å². The number of benzene rings is 1. The molecule has 0 amide bonds. The molecule has 0 saturated heterocycles. The molecule has 0 unspecified atom stereocenters. The molecule has 1 N–H and O–H groups in total. The van der Waals surface area contributed by atoms with Gasteiger partial charge < -0.3 is 0 Å². The molecule has 1 aromatic rings.